The van der Waals surface area contributed by atoms with E-state index in [9.17, 15) is 0 Å². The van der Waals surface area contributed by atoms with E-state index in [1.54, 1.807) is 0 Å². The SMILES string of the molecule is CC1(C)c2ccccc2-c2ccc(C3=NC(c4ccc5sc6cccc(-c7ccccc7)c6c5c4)N=C(c4cccc5c4oc4ccccc45)N3)cc21. The van der Waals surface area contributed by atoms with Crippen molar-refractivity contribution in [1.82, 2.24) is 5.32 Å². The quantitative estimate of drug-likeness (QED) is 0.199. The molecule has 4 nitrogen and oxygen atoms in total. The molecule has 9 aromatic rings. The monoisotopic (exact) mass is 699 g/mol. The van der Waals surface area contributed by atoms with Crippen LogP contribution in [0.2, 0.25) is 0 Å². The molecular weight excluding hydrogens is 667 g/mol. The first-order valence-corrected chi connectivity index (χ1v) is 18.9. The Morgan fingerprint density at radius 2 is 1.28 bits per heavy atom. The fourth-order valence-corrected chi connectivity index (χ4v) is 9.64. The van der Waals surface area contributed by atoms with Crippen LogP contribution in [0.3, 0.4) is 0 Å². The minimum Gasteiger partial charge on any atom is -0.455 e. The minimum atomic E-state index is -0.470. The Bertz CT molecular complexity index is 3020. The van der Waals surface area contributed by atoms with Crippen LogP contribution in [0.25, 0.3) is 64.4 Å². The van der Waals surface area contributed by atoms with Crippen LogP contribution in [0.5, 0.6) is 0 Å². The zero-order valence-corrected chi connectivity index (χ0v) is 30.0. The second-order valence-corrected chi connectivity index (χ2v) is 15.7. The Balaban J connectivity index is 1.10. The number of nitrogens with one attached hydrogen (secondary N) is 1. The molecule has 1 aliphatic carbocycles. The van der Waals surface area contributed by atoms with Gasteiger partial charge in [-0.05, 0) is 75.3 Å². The lowest BCUT2D eigenvalue weighted by Crippen LogP contribution is -2.36. The van der Waals surface area contributed by atoms with Crippen LogP contribution in [-0.4, -0.2) is 11.7 Å². The molecule has 3 heterocycles. The van der Waals surface area contributed by atoms with E-state index in [1.165, 1.54) is 53.6 Å². The second kappa shape index (κ2) is 11.3. The maximum absolute atomic E-state index is 6.53. The lowest BCUT2D eigenvalue weighted by molar-refractivity contribution is 0.660. The molecule has 0 bridgehead atoms. The van der Waals surface area contributed by atoms with Crippen molar-refractivity contribution in [3.05, 3.63) is 179 Å². The third-order valence-electron chi connectivity index (χ3n) is 11.2. The van der Waals surface area contributed by atoms with Gasteiger partial charge in [0.05, 0.1) is 5.56 Å². The number of hydrogen-bond acceptors (Lipinski definition) is 5. The third-order valence-corrected chi connectivity index (χ3v) is 12.3. The fraction of sp³-hybridized carbons (Fsp3) is 0.0833. The summed E-state index contributed by atoms with van der Waals surface area (Å²) in [5.74, 6) is 1.54. The zero-order valence-electron chi connectivity index (χ0n) is 29.2. The summed E-state index contributed by atoms with van der Waals surface area (Å²) in [5.41, 5.74) is 12.2. The minimum absolute atomic E-state index is 0.130. The normalized spacial score (nSPS) is 16.1. The predicted molar refractivity (Wildman–Crippen MR) is 221 cm³/mol. The standard InChI is InChI=1S/C48H33N3OS/c1-48(2)38-19-8-6-14-32(38)33-24-22-30(27-39(33)48)46-49-45(50-47(51-46)36-18-10-17-35-34-15-7-9-20-40(34)52-44(35)36)29-23-25-41-37(26-29)43-31(16-11-21-42(43)53-41)28-12-4-3-5-13-28/h3-27,45H,1-2H3,(H,49,50,51). The Morgan fingerprint density at radius 1 is 0.547 bits per heavy atom. The lowest BCUT2D eigenvalue weighted by atomic mass is 9.82. The number of para-hydroxylation sites is 2. The van der Waals surface area contributed by atoms with Gasteiger partial charge in [0, 0.05) is 41.9 Å². The molecule has 0 saturated carbocycles. The van der Waals surface area contributed by atoms with E-state index in [0.29, 0.717) is 0 Å². The van der Waals surface area contributed by atoms with Crippen LogP contribution in [-0.2, 0) is 5.41 Å². The van der Waals surface area contributed by atoms with Gasteiger partial charge in [0.1, 0.15) is 22.8 Å². The zero-order chi connectivity index (χ0) is 35.3. The molecule has 1 unspecified atom stereocenters. The predicted octanol–water partition coefficient (Wildman–Crippen LogP) is 12.4. The number of hydrogen-bond donors (Lipinski definition) is 1. The maximum atomic E-state index is 6.53. The van der Waals surface area contributed by atoms with E-state index in [2.05, 4.69) is 159 Å². The van der Waals surface area contributed by atoms with E-state index >= 15 is 0 Å². The molecule has 1 atom stereocenters. The lowest BCUT2D eigenvalue weighted by Gasteiger charge is -2.25. The van der Waals surface area contributed by atoms with Crippen LogP contribution in [0.4, 0.5) is 0 Å². The summed E-state index contributed by atoms with van der Waals surface area (Å²) in [7, 11) is 0. The number of thiophene rings is 1. The molecule has 5 heteroatoms. The number of amidine groups is 2. The average Bonchev–Trinajstić information content (AvgIpc) is 3.85. The molecule has 1 aliphatic heterocycles. The maximum Gasteiger partial charge on any atom is 0.169 e. The molecule has 11 rings (SSSR count). The Hall–Kier alpha value is -6.30. The van der Waals surface area contributed by atoms with Crippen LogP contribution in [0.15, 0.2) is 166 Å². The summed E-state index contributed by atoms with van der Waals surface area (Å²) >= 11 is 1.83. The van der Waals surface area contributed by atoms with Gasteiger partial charge >= 0.3 is 0 Å². The van der Waals surface area contributed by atoms with Gasteiger partial charge in [0.15, 0.2) is 6.17 Å². The summed E-state index contributed by atoms with van der Waals surface area (Å²) in [5, 5.41) is 8.36. The van der Waals surface area contributed by atoms with Gasteiger partial charge in [0.25, 0.3) is 0 Å². The highest BCUT2D eigenvalue weighted by Gasteiger charge is 2.36. The van der Waals surface area contributed by atoms with Gasteiger partial charge in [-0.3, -0.25) is 0 Å². The largest absolute Gasteiger partial charge is 0.455 e. The highest BCUT2D eigenvalue weighted by atomic mass is 32.1. The van der Waals surface area contributed by atoms with Gasteiger partial charge in [-0.2, -0.15) is 0 Å². The number of fused-ring (bicyclic) bond motifs is 9. The molecule has 2 aromatic heterocycles. The van der Waals surface area contributed by atoms with Crippen molar-refractivity contribution in [3.8, 4) is 22.3 Å². The molecule has 0 fully saturated rings. The highest BCUT2D eigenvalue weighted by Crippen LogP contribution is 2.49. The fourth-order valence-electron chi connectivity index (χ4n) is 8.53. The van der Waals surface area contributed by atoms with Crippen molar-refractivity contribution in [2.24, 2.45) is 9.98 Å². The van der Waals surface area contributed by atoms with Crippen LogP contribution in [0.1, 0.15) is 47.8 Å². The van der Waals surface area contributed by atoms with Crippen molar-refractivity contribution in [2.75, 3.05) is 0 Å². The summed E-state index contributed by atoms with van der Waals surface area (Å²) < 4.78 is 9.06. The van der Waals surface area contributed by atoms with Crippen molar-refractivity contribution >= 4 is 65.1 Å². The first-order chi connectivity index (χ1) is 26.0. The number of furan rings is 1. The van der Waals surface area contributed by atoms with E-state index < -0.39 is 6.17 Å². The van der Waals surface area contributed by atoms with E-state index in [-0.39, 0.29) is 5.41 Å². The van der Waals surface area contributed by atoms with E-state index in [1.807, 2.05) is 23.5 Å². The van der Waals surface area contributed by atoms with Gasteiger partial charge in [-0.1, -0.05) is 129 Å². The van der Waals surface area contributed by atoms with Gasteiger partial charge in [-0.15, -0.1) is 11.3 Å². The first kappa shape index (κ1) is 30.3. The van der Waals surface area contributed by atoms with Gasteiger partial charge in [0.2, 0.25) is 0 Å². The third kappa shape index (κ3) is 4.60. The number of nitrogens with zero attached hydrogens (tertiary/aromatic N) is 2. The molecule has 1 N–H and O–H groups in total. The van der Waals surface area contributed by atoms with Crippen LogP contribution >= 0.6 is 11.3 Å². The van der Waals surface area contributed by atoms with Gasteiger partial charge in [-0.25, -0.2) is 9.98 Å². The Labute approximate surface area is 310 Å². The molecule has 7 aromatic carbocycles. The Kier molecular flexibility index (Phi) is 6.50. The summed E-state index contributed by atoms with van der Waals surface area (Å²) in [6.45, 7) is 4.64. The van der Waals surface area contributed by atoms with Crippen molar-refractivity contribution < 1.29 is 4.42 Å². The molecule has 2 aliphatic rings. The topological polar surface area (TPSA) is 49.9 Å². The van der Waals surface area contributed by atoms with Gasteiger partial charge < -0.3 is 9.73 Å². The van der Waals surface area contributed by atoms with E-state index in [4.69, 9.17) is 14.4 Å². The smallest absolute Gasteiger partial charge is 0.169 e. The number of rotatable bonds is 4. The van der Waals surface area contributed by atoms with Crippen molar-refractivity contribution in [2.45, 2.75) is 25.4 Å². The summed E-state index contributed by atoms with van der Waals surface area (Å²) in [6.07, 6.45) is -0.470. The molecular formula is C48H33N3OS. The molecule has 53 heavy (non-hydrogen) atoms. The van der Waals surface area contributed by atoms with Crippen LogP contribution in [0, 0.1) is 0 Å². The summed E-state index contributed by atoms with van der Waals surface area (Å²) in [4.78, 5) is 10.8. The molecule has 252 valence electrons. The molecule has 0 spiro atoms. The average molecular weight is 700 g/mol. The molecule has 0 amide bonds. The second-order valence-electron chi connectivity index (χ2n) is 14.6. The molecule has 0 saturated heterocycles. The molecule has 0 radical (unpaired) electrons. The first-order valence-electron chi connectivity index (χ1n) is 18.1. The van der Waals surface area contributed by atoms with Crippen LogP contribution < -0.4 is 5.32 Å². The summed E-state index contributed by atoms with van der Waals surface area (Å²) in [6, 6.07) is 54.1. The van der Waals surface area contributed by atoms with Crippen molar-refractivity contribution in [3.63, 3.8) is 0 Å². The number of benzene rings is 7. The van der Waals surface area contributed by atoms with Crippen molar-refractivity contribution in [1.29, 1.82) is 0 Å². The highest BCUT2D eigenvalue weighted by molar-refractivity contribution is 7.25. The Morgan fingerprint density at radius 3 is 2.21 bits per heavy atom. The van der Waals surface area contributed by atoms with E-state index in [0.717, 1.165) is 50.3 Å². The number of aliphatic imine (C=N–C) groups is 2.